The molecule has 0 saturated carbocycles. The summed E-state index contributed by atoms with van der Waals surface area (Å²) in [6, 6.07) is 24.6. The van der Waals surface area contributed by atoms with Gasteiger partial charge < -0.3 is 23.5 Å². The molecule has 5 aromatic rings. The van der Waals surface area contributed by atoms with Crippen LogP contribution >= 0.6 is 15.9 Å². The van der Waals surface area contributed by atoms with E-state index in [0.717, 1.165) is 22.3 Å². The van der Waals surface area contributed by atoms with E-state index in [9.17, 15) is 22.8 Å². The summed E-state index contributed by atoms with van der Waals surface area (Å²) in [5.41, 5.74) is -2.00. The Hall–Kier alpha value is -5.75. The van der Waals surface area contributed by atoms with Gasteiger partial charge in [-0.25, -0.2) is 14.6 Å². The van der Waals surface area contributed by atoms with Crippen molar-refractivity contribution < 1.29 is 54.6 Å². The third-order valence-corrected chi connectivity index (χ3v) is 11.2. The maximum Gasteiger partial charge on any atom is 0.426 e. The van der Waals surface area contributed by atoms with Crippen molar-refractivity contribution >= 4 is 33.8 Å². The van der Waals surface area contributed by atoms with Crippen molar-refractivity contribution in [2.75, 3.05) is 25.0 Å². The van der Waals surface area contributed by atoms with Gasteiger partial charge in [-0.3, -0.25) is 5.32 Å². The van der Waals surface area contributed by atoms with Gasteiger partial charge in [-0.05, 0) is 95.8 Å². The van der Waals surface area contributed by atoms with Gasteiger partial charge >= 0.3 is 24.5 Å². The van der Waals surface area contributed by atoms with Gasteiger partial charge in [-0.1, -0.05) is 91.0 Å². The Kier molecular flexibility index (Phi) is 13.0. The lowest BCUT2D eigenvalue weighted by Crippen LogP contribution is -2.45. The minimum absolute atomic E-state index is 0.114. The van der Waals surface area contributed by atoms with Crippen molar-refractivity contribution in [3.8, 4) is 22.7 Å². The van der Waals surface area contributed by atoms with Crippen LogP contribution in [0.25, 0.3) is 22.7 Å². The first-order valence-corrected chi connectivity index (χ1v) is 20.8. The summed E-state index contributed by atoms with van der Waals surface area (Å²) >= 11 is 2.77. The third-order valence-electron chi connectivity index (χ3n) is 10.6. The van der Waals surface area contributed by atoms with E-state index in [1.54, 1.807) is 47.4 Å². The average Bonchev–Trinajstić information content (AvgIpc) is 3.98. The molecule has 7 rings (SSSR count). The molecule has 1 aliphatic heterocycles. The standard InChI is InChI=1S/C45H42BrF6N5O6/c1-42(2,3)63-40(58)53-35-23-34(44(47,48)49)37(46)54-36(35)38-55-56-39(62-38)43(45(50,51)52,61-25-28-14-5-4-6-15-28)21-12-11-13-27-20-22-57(24-27)41(59)60-26-33-31-18-9-7-16-29(31)30-17-8-10-19-32(30)33/h4-11,13-19,23,27,33H,12,20-22,24-26H2,1-3H3,(H,53,58)/b13-11+. The average molecular weight is 943 g/mol. The molecule has 3 heterocycles. The van der Waals surface area contributed by atoms with Crippen molar-refractivity contribution in [3.63, 3.8) is 0 Å². The van der Waals surface area contributed by atoms with Gasteiger partial charge in [0.1, 0.15) is 16.8 Å². The summed E-state index contributed by atoms with van der Waals surface area (Å²) in [6.45, 7) is 4.88. The van der Waals surface area contributed by atoms with Gasteiger partial charge in [0.15, 0.2) is 5.69 Å². The first-order valence-electron chi connectivity index (χ1n) is 20.0. The van der Waals surface area contributed by atoms with E-state index in [-0.39, 0.29) is 24.9 Å². The summed E-state index contributed by atoms with van der Waals surface area (Å²) in [4.78, 5) is 31.4. The van der Waals surface area contributed by atoms with Crippen LogP contribution in [0.5, 0.6) is 0 Å². The van der Waals surface area contributed by atoms with Crippen molar-refractivity contribution in [3.05, 3.63) is 130 Å². The zero-order chi connectivity index (χ0) is 45.2. The normalized spacial score (nSPS) is 16.5. The SMILES string of the molecule is CC(C)(C)OC(=O)Nc1cc(C(F)(F)F)c(Br)nc1-c1nnc(C(CC/C=C/C2CCN(C(=O)OCC3c4ccccc4-c4ccccc43)C2)(OCc2ccccc2)C(F)(F)F)o1. The minimum Gasteiger partial charge on any atom is -0.448 e. The van der Waals surface area contributed by atoms with Crippen molar-refractivity contribution in [2.24, 2.45) is 5.92 Å². The Morgan fingerprint density at radius 2 is 1.57 bits per heavy atom. The number of aromatic nitrogens is 3. The molecule has 2 unspecified atom stereocenters. The Bertz CT molecular complexity index is 2430. The van der Waals surface area contributed by atoms with Crippen LogP contribution in [0, 0.1) is 5.92 Å². The molecule has 0 radical (unpaired) electrons. The summed E-state index contributed by atoms with van der Waals surface area (Å²) in [6.07, 6.45) is -8.87. The number of nitrogens with one attached hydrogen (secondary N) is 1. The number of ether oxygens (including phenoxy) is 3. The van der Waals surface area contributed by atoms with E-state index in [4.69, 9.17) is 18.6 Å². The number of rotatable bonds is 12. The largest absolute Gasteiger partial charge is 0.448 e. The number of allylic oxidation sites excluding steroid dienone is 1. The highest BCUT2D eigenvalue weighted by atomic mass is 79.9. The fraction of sp³-hybridized carbons (Fsp3) is 0.356. The molecule has 1 aliphatic carbocycles. The van der Waals surface area contributed by atoms with E-state index < -0.39 is 82.1 Å². The van der Waals surface area contributed by atoms with Crippen LogP contribution in [-0.4, -0.2) is 63.7 Å². The zero-order valence-corrected chi connectivity index (χ0v) is 35.8. The van der Waals surface area contributed by atoms with E-state index in [1.165, 1.54) is 20.8 Å². The van der Waals surface area contributed by atoms with Crippen LogP contribution in [0.3, 0.4) is 0 Å². The molecule has 1 fully saturated rings. The Balaban J connectivity index is 1.09. The Morgan fingerprint density at radius 1 is 0.921 bits per heavy atom. The number of benzene rings is 3. The molecule has 1 N–H and O–H groups in total. The molecule has 0 spiro atoms. The van der Waals surface area contributed by atoms with Crippen molar-refractivity contribution in [2.45, 2.75) is 76.1 Å². The number of alkyl halides is 6. The lowest BCUT2D eigenvalue weighted by Gasteiger charge is -2.32. The van der Waals surface area contributed by atoms with E-state index in [0.29, 0.717) is 31.1 Å². The predicted octanol–water partition coefficient (Wildman–Crippen LogP) is 11.8. The molecule has 332 valence electrons. The Morgan fingerprint density at radius 3 is 2.21 bits per heavy atom. The highest BCUT2D eigenvalue weighted by Gasteiger charge is 2.61. The van der Waals surface area contributed by atoms with Crippen LogP contribution in [-0.2, 0) is 32.6 Å². The third kappa shape index (κ3) is 10.2. The fourth-order valence-electron chi connectivity index (χ4n) is 7.58. The van der Waals surface area contributed by atoms with Gasteiger partial charge in [-0.2, -0.15) is 26.3 Å². The number of anilines is 1. The molecule has 2 atom stereocenters. The van der Waals surface area contributed by atoms with Gasteiger partial charge in [0, 0.05) is 19.0 Å². The van der Waals surface area contributed by atoms with Crippen LogP contribution in [0.1, 0.15) is 74.1 Å². The highest BCUT2D eigenvalue weighted by molar-refractivity contribution is 9.10. The molecule has 2 amide bonds. The molecule has 3 aromatic carbocycles. The van der Waals surface area contributed by atoms with Crippen molar-refractivity contribution in [1.82, 2.24) is 20.1 Å². The van der Waals surface area contributed by atoms with Gasteiger partial charge in [0.2, 0.25) is 5.60 Å². The number of hydrogen-bond acceptors (Lipinski definition) is 9. The zero-order valence-electron chi connectivity index (χ0n) is 34.2. The van der Waals surface area contributed by atoms with Gasteiger partial charge in [-0.15, -0.1) is 10.2 Å². The predicted molar refractivity (Wildman–Crippen MR) is 222 cm³/mol. The lowest BCUT2D eigenvalue weighted by molar-refractivity contribution is -0.299. The molecular formula is C45H42BrF6N5O6. The molecular weight excluding hydrogens is 900 g/mol. The number of carbonyl (C=O) groups excluding carboxylic acids is 2. The monoisotopic (exact) mass is 941 g/mol. The van der Waals surface area contributed by atoms with Gasteiger partial charge in [0.25, 0.3) is 11.8 Å². The lowest BCUT2D eigenvalue weighted by atomic mass is 9.95. The van der Waals surface area contributed by atoms with Crippen molar-refractivity contribution in [1.29, 1.82) is 0 Å². The van der Waals surface area contributed by atoms with E-state index >= 15 is 13.2 Å². The number of pyridine rings is 1. The van der Waals surface area contributed by atoms with Crippen LogP contribution in [0.15, 0.2) is 106 Å². The second-order valence-corrected chi connectivity index (χ2v) is 16.9. The van der Waals surface area contributed by atoms with E-state index in [1.807, 2.05) is 48.5 Å². The molecule has 0 bridgehead atoms. The number of hydrogen-bond donors (Lipinski definition) is 1. The first-order chi connectivity index (χ1) is 29.8. The van der Waals surface area contributed by atoms with Crippen LogP contribution in [0.2, 0.25) is 0 Å². The minimum atomic E-state index is -5.17. The fourth-order valence-corrected chi connectivity index (χ4v) is 8.10. The van der Waals surface area contributed by atoms with Gasteiger partial charge in [0.05, 0.1) is 17.9 Å². The molecule has 1 saturated heterocycles. The summed E-state index contributed by atoms with van der Waals surface area (Å²) < 4.78 is 110. The molecule has 11 nitrogen and oxygen atoms in total. The topological polar surface area (TPSA) is 129 Å². The summed E-state index contributed by atoms with van der Waals surface area (Å²) in [7, 11) is 0. The molecule has 63 heavy (non-hydrogen) atoms. The number of carbonyl (C=O) groups is 2. The summed E-state index contributed by atoms with van der Waals surface area (Å²) in [5.74, 6) is -2.07. The smallest absolute Gasteiger partial charge is 0.426 e. The maximum absolute atomic E-state index is 15.5. The quantitative estimate of drug-likeness (QED) is 0.0738. The first kappa shape index (κ1) is 45.3. The molecule has 18 heteroatoms. The highest BCUT2D eigenvalue weighted by Crippen LogP contribution is 2.48. The number of amides is 2. The van der Waals surface area contributed by atoms with Crippen LogP contribution < -0.4 is 5.32 Å². The number of likely N-dealkylation sites (tertiary alicyclic amines) is 1. The molecule has 2 aliphatic rings. The van der Waals surface area contributed by atoms with Crippen LogP contribution in [0.4, 0.5) is 41.6 Å². The molecule has 2 aromatic heterocycles. The number of fused-ring (bicyclic) bond motifs is 3. The summed E-state index contributed by atoms with van der Waals surface area (Å²) in [5, 5.41) is 9.64. The van der Waals surface area contributed by atoms with E-state index in [2.05, 4.69) is 36.4 Å². The Labute approximate surface area is 367 Å². The maximum atomic E-state index is 15.5. The number of nitrogens with zero attached hydrogens (tertiary/aromatic N) is 4. The second-order valence-electron chi connectivity index (χ2n) is 16.1. The second kappa shape index (κ2) is 18.2. The number of halogens is 7.